The van der Waals surface area contributed by atoms with Crippen LogP contribution in [0.25, 0.3) is 0 Å². The predicted molar refractivity (Wildman–Crippen MR) is 157 cm³/mol. The van der Waals surface area contributed by atoms with Crippen LogP contribution in [0.5, 0.6) is 0 Å². The highest BCUT2D eigenvalue weighted by molar-refractivity contribution is 6.00. The van der Waals surface area contributed by atoms with Gasteiger partial charge in [0.2, 0.25) is 11.8 Å². The lowest BCUT2D eigenvalue weighted by Gasteiger charge is -2.32. The molecule has 0 saturated heterocycles. The number of hydrogen-bond acceptors (Lipinski definition) is 12. The van der Waals surface area contributed by atoms with Crippen LogP contribution in [0.1, 0.15) is 77.6 Å². The molecule has 0 heterocycles. The van der Waals surface area contributed by atoms with Gasteiger partial charge in [0.25, 0.3) is 0 Å². The Morgan fingerprint density at radius 1 is 0.512 bits per heavy atom. The fourth-order valence-corrected chi connectivity index (χ4v) is 4.80. The van der Waals surface area contributed by atoms with Gasteiger partial charge in [0.1, 0.15) is 54.7 Å². The minimum atomic E-state index is -1.89. The molecule has 0 aromatic heterocycles. The molecule has 2 amide bonds. The van der Waals surface area contributed by atoms with E-state index in [1.807, 2.05) is 0 Å². The van der Waals surface area contributed by atoms with E-state index in [2.05, 4.69) is 6.92 Å². The summed E-state index contributed by atoms with van der Waals surface area (Å²) in [6, 6.07) is 0. The van der Waals surface area contributed by atoms with Crippen molar-refractivity contribution >= 4 is 11.8 Å². The number of likely N-dealkylation sites (N-methyl/N-ethyl adjacent to an activating group) is 2. The van der Waals surface area contributed by atoms with Gasteiger partial charge in [-0.25, -0.2) is 0 Å². The summed E-state index contributed by atoms with van der Waals surface area (Å²) in [7, 11) is 2.58. The van der Waals surface area contributed by atoms with Gasteiger partial charge < -0.3 is 60.9 Å². The van der Waals surface area contributed by atoms with Gasteiger partial charge in [0.05, 0.1) is 13.2 Å². The van der Waals surface area contributed by atoms with Crippen molar-refractivity contribution in [3.8, 4) is 0 Å². The van der Waals surface area contributed by atoms with Crippen molar-refractivity contribution in [1.82, 2.24) is 9.80 Å². The van der Waals surface area contributed by atoms with E-state index in [0.717, 1.165) is 41.9 Å². The van der Waals surface area contributed by atoms with E-state index in [1.165, 1.54) is 39.8 Å². The van der Waals surface area contributed by atoms with Crippen LogP contribution in [0.3, 0.4) is 0 Å². The van der Waals surface area contributed by atoms with Crippen LogP contribution in [0, 0.1) is 5.92 Å². The number of carbonyl (C=O) groups is 2. The molecular weight excluding hydrogens is 568 g/mol. The average Bonchev–Trinajstić information content (AvgIpc) is 3.00. The highest BCUT2D eigenvalue weighted by Gasteiger charge is 2.37. The number of rotatable bonds is 25. The van der Waals surface area contributed by atoms with Gasteiger partial charge in [-0.05, 0) is 6.42 Å². The standard InChI is InChI=1S/C29H58N2O12/c1-4-5-6-7-8-9-10-11-12-13-14-19(28(42)30(2)15-20(34)24(38)26(40)22(36)17-32)29(43)31(3)16-21(35)25(39)27(41)23(37)18-33/h19-27,32-41H,4-18H2,1-3H3. The Bertz CT molecular complexity index is 700. The fourth-order valence-electron chi connectivity index (χ4n) is 4.80. The molecule has 0 aliphatic carbocycles. The summed E-state index contributed by atoms with van der Waals surface area (Å²) in [5.74, 6) is -2.66. The molecule has 0 fully saturated rings. The molecule has 0 aliphatic rings. The second-order valence-electron chi connectivity index (χ2n) is 11.6. The first-order valence-corrected chi connectivity index (χ1v) is 15.4. The number of amides is 2. The van der Waals surface area contributed by atoms with Gasteiger partial charge >= 0.3 is 0 Å². The zero-order chi connectivity index (χ0) is 33.1. The van der Waals surface area contributed by atoms with Crippen LogP contribution in [0.4, 0.5) is 0 Å². The summed E-state index contributed by atoms with van der Waals surface area (Å²) in [6.45, 7) is -0.574. The third-order valence-corrected chi connectivity index (χ3v) is 7.77. The van der Waals surface area contributed by atoms with Crippen LogP contribution >= 0.6 is 0 Å². The van der Waals surface area contributed by atoms with E-state index in [-0.39, 0.29) is 6.42 Å². The summed E-state index contributed by atoms with van der Waals surface area (Å²) in [4.78, 5) is 28.8. The number of unbranched alkanes of at least 4 members (excludes halogenated alkanes) is 9. The molecule has 10 N–H and O–H groups in total. The minimum absolute atomic E-state index is 0.137. The Kier molecular flexibility index (Phi) is 22.2. The molecule has 256 valence electrons. The summed E-state index contributed by atoms with van der Waals surface area (Å²) < 4.78 is 0. The zero-order valence-electron chi connectivity index (χ0n) is 26.0. The summed E-state index contributed by atoms with van der Waals surface area (Å²) in [5, 5.41) is 97.7. The van der Waals surface area contributed by atoms with Crippen molar-refractivity contribution in [3.05, 3.63) is 0 Å². The molecule has 8 atom stereocenters. The van der Waals surface area contributed by atoms with Crippen molar-refractivity contribution in [2.24, 2.45) is 5.92 Å². The normalized spacial score (nSPS) is 18.2. The first-order valence-electron chi connectivity index (χ1n) is 15.4. The zero-order valence-corrected chi connectivity index (χ0v) is 26.0. The Morgan fingerprint density at radius 3 is 1.14 bits per heavy atom. The molecule has 0 aromatic rings. The number of hydrogen-bond donors (Lipinski definition) is 10. The van der Waals surface area contributed by atoms with Crippen LogP contribution in [0.2, 0.25) is 0 Å². The molecule has 14 heteroatoms. The van der Waals surface area contributed by atoms with Gasteiger partial charge in [-0.3, -0.25) is 9.59 Å². The van der Waals surface area contributed by atoms with Gasteiger partial charge in [-0.15, -0.1) is 0 Å². The molecule has 0 spiro atoms. The van der Waals surface area contributed by atoms with Crippen LogP contribution in [-0.4, -0.2) is 162 Å². The van der Waals surface area contributed by atoms with Crippen LogP contribution in [-0.2, 0) is 9.59 Å². The van der Waals surface area contributed by atoms with E-state index in [4.69, 9.17) is 10.2 Å². The highest BCUT2D eigenvalue weighted by Crippen LogP contribution is 2.19. The number of aliphatic hydroxyl groups excluding tert-OH is 10. The molecular formula is C29H58N2O12. The lowest BCUT2D eigenvalue weighted by molar-refractivity contribution is -0.152. The van der Waals surface area contributed by atoms with Crippen LogP contribution < -0.4 is 0 Å². The fraction of sp³-hybridized carbons (Fsp3) is 0.931. The van der Waals surface area contributed by atoms with E-state index < -0.39 is 92.9 Å². The molecule has 43 heavy (non-hydrogen) atoms. The molecule has 0 aliphatic heterocycles. The third kappa shape index (κ3) is 15.4. The van der Waals surface area contributed by atoms with Crippen molar-refractivity contribution in [3.63, 3.8) is 0 Å². The van der Waals surface area contributed by atoms with Gasteiger partial charge in [-0.2, -0.15) is 0 Å². The summed E-state index contributed by atoms with van der Waals surface area (Å²) in [6.07, 6.45) is -3.96. The lowest BCUT2D eigenvalue weighted by atomic mass is 9.96. The van der Waals surface area contributed by atoms with Crippen molar-refractivity contribution in [1.29, 1.82) is 0 Å². The van der Waals surface area contributed by atoms with E-state index in [0.29, 0.717) is 6.42 Å². The maximum absolute atomic E-state index is 13.4. The van der Waals surface area contributed by atoms with Crippen molar-refractivity contribution in [2.45, 2.75) is 126 Å². The largest absolute Gasteiger partial charge is 0.394 e. The Hall–Kier alpha value is -1.46. The van der Waals surface area contributed by atoms with Crippen LogP contribution in [0.15, 0.2) is 0 Å². The molecule has 14 nitrogen and oxygen atoms in total. The number of aliphatic hydroxyl groups is 10. The first-order chi connectivity index (χ1) is 20.2. The maximum atomic E-state index is 13.4. The monoisotopic (exact) mass is 626 g/mol. The minimum Gasteiger partial charge on any atom is -0.394 e. The topological polar surface area (TPSA) is 243 Å². The second kappa shape index (κ2) is 23.0. The smallest absolute Gasteiger partial charge is 0.234 e. The van der Waals surface area contributed by atoms with Crippen molar-refractivity contribution < 1.29 is 60.7 Å². The number of carbonyl (C=O) groups excluding carboxylic acids is 2. The molecule has 0 radical (unpaired) electrons. The highest BCUT2D eigenvalue weighted by atomic mass is 16.4. The Labute approximate surface area is 255 Å². The Balaban J connectivity index is 5.38. The maximum Gasteiger partial charge on any atom is 0.234 e. The quantitative estimate of drug-likeness (QED) is 0.0380. The number of nitrogens with zero attached hydrogens (tertiary/aromatic N) is 2. The summed E-state index contributed by atoms with van der Waals surface area (Å²) in [5.41, 5.74) is 0. The SMILES string of the molecule is CCCCCCCCCCCCC(C(=O)N(C)CC(O)C(O)C(O)C(O)CO)C(=O)N(C)CC(O)C(O)C(O)C(O)CO. The Morgan fingerprint density at radius 2 is 0.814 bits per heavy atom. The average molecular weight is 627 g/mol. The molecule has 8 unspecified atom stereocenters. The predicted octanol–water partition coefficient (Wildman–Crippen LogP) is -2.30. The van der Waals surface area contributed by atoms with E-state index >= 15 is 0 Å². The van der Waals surface area contributed by atoms with Crippen molar-refractivity contribution in [2.75, 3.05) is 40.4 Å². The van der Waals surface area contributed by atoms with E-state index in [9.17, 15) is 50.4 Å². The lowest BCUT2D eigenvalue weighted by Crippen LogP contribution is -2.53. The van der Waals surface area contributed by atoms with Gasteiger partial charge in [0, 0.05) is 27.2 Å². The summed E-state index contributed by atoms with van der Waals surface area (Å²) >= 11 is 0. The van der Waals surface area contributed by atoms with Gasteiger partial charge in [-0.1, -0.05) is 71.1 Å². The van der Waals surface area contributed by atoms with E-state index in [1.54, 1.807) is 0 Å². The first kappa shape index (κ1) is 41.5. The van der Waals surface area contributed by atoms with Gasteiger partial charge in [0.15, 0.2) is 0 Å². The molecule has 0 aromatic carbocycles. The molecule has 0 rings (SSSR count). The molecule has 0 saturated carbocycles. The second-order valence-corrected chi connectivity index (χ2v) is 11.6. The third-order valence-electron chi connectivity index (χ3n) is 7.77. The molecule has 0 bridgehead atoms.